The highest BCUT2D eigenvalue weighted by atomic mass is 16.3. The lowest BCUT2D eigenvalue weighted by molar-refractivity contribution is -0.109. The lowest BCUT2D eigenvalue weighted by Crippen LogP contribution is -2.62. The van der Waals surface area contributed by atoms with Gasteiger partial charge < -0.3 is 9.52 Å². The van der Waals surface area contributed by atoms with Crippen LogP contribution in [0.4, 0.5) is 0 Å². The van der Waals surface area contributed by atoms with E-state index < -0.39 is 5.60 Å². The van der Waals surface area contributed by atoms with Gasteiger partial charge in [0.15, 0.2) is 0 Å². The summed E-state index contributed by atoms with van der Waals surface area (Å²) < 4.78 is 5.47. The minimum Gasteiger partial charge on any atom is -0.468 e. The molecule has 22 heavy (non-hydrogen) atoms. The molecule has 0 radical (unpaired) electrons. The van der Waals surface area contributed by atoms with Crippen molar-refractivity contribution in [2.24, 2.45) is 0 Å². The molecule has 4 nitrogen and oxygen atoms in total. The van der Waals surface area contributed by atoms with Gasteiger partial charge in [-0.2, -0.15) is 0 Å². The van der Waals surface area contributed by atoms with Gasteiger partial charge in [0, 0.05) is 19.1 Å². The van der Waals surface area contributed by atoms with Crippen LogP contribution in [0.5, 0.6) is 0 Å². The molecule has 122 valence electrons. The van der Waals surface area contributed by atoms with Crippen LogP contribution < -0.4 is 0 Å². The van der Waals surface area contributed by atoms with Gasteiger partial charge in [-0.1, -0.05) is 12.5 Å². The van der Waals surface area contributed by atoms with Crippen molar-refractivity contribution >= 4 is 0 Å². The lowest BCUT2D eigenvalue weighted by Gasteiger charge is -2.50. The molecule has 0 spiro atoms. The molecular weight excluding hydrogens is 276 g/mol. The summed E-state index contributed by atoms with van der Waals surface area (Å²) in [6.07, 6.45) is 9.25. The van der Waals surface area contributed by atoms with Crippen molar-refractivity contribution < 1.29 is 9.52 Å². The Morgan fingerprint density at radius 3 is 3.05 bits per heavy atom. The topological polar surface area (TPSA) is 39.9 Å². The van der Waals surface area contributed by atoms with E-state index >= 15 is 0 Å². The van der Waals surface area contributed by atoms with Gasteiger partial charge in [0.2, 0.25) is 0 Å². The summed E-state index contributed by atoms with van der Waals surface area (Å²) in [5, 5.41) is 11.3. The highest BCUT2D eigenvalue weighted by Gasteiger charge is 2.44. The summed E-state index contributed by atoms with van der Waals surface area (Å²) in [5.41, 5.74) is -0.603. The monoisotopic (exact) mass is 304 g/mol. The average molecular weight is 304 g/mol. The Morgan fingerprint density at radius 1 is 1.41 bits per heavy atom. The Balaban J connectivity index is 1.70. The molecule has 1 N–H and O–H groups in total. The van der Waals surface area contributed by atoms with Crippen LogP contribution >= 0.6 is 0 Å². The van der Waals surface area contributed by atoms with Gasteiger partial charge in [-0.05, 0) is 50.9 Å². The van der Waals surface area contributed by atoms with Crippen LogP contribution in [0.3, 0.4) is 0 Å². The molecule has 0 aliphatic carbocycles. The summed E-state index contributed by atoms with van der Waals surface area (Å²) in [7, 11) is 0. The van der Waals surface area contributed by atoms with Gasteiger partial charge in [-0.3, -0.25) is 9.80 Å². The number of nitrogens with zero attached hydrogens (tertiary/aromatic N) is 2. The molecule has 0 unspecified atom stereocenters. The van der Waals surface area contributed by atoms with E-state index in [4.69, 9.17) is 4.42 Å². The third kappa shape index (κ3) is 3.45. The predicted octanol–water partition coefficient (Wildman–Crippen LogP) is 2.65. The number of furan rings is 1. The van der Waals surface area contributed by atoms with E-state index in [0.29, 0.717) is 12.6 Å². The number of hydrogen-bond acceptors (Lipinski definition) is 4. The van der Waals surface area contributed by atoms with Gasteiger partial charge in [0.25, 0.3) is 0 Å². The Morgan fingerprint density at radius 2 is 2.27 bits per heavy atom. The minimum atomic E-state index is -0.603. The summed E-state index contributed by atoms with van der Waals surface area (Å²) in [5.74, 6) is 0.946. The first-order chi connectivity index (χ1) is 10.7. The summed E-state index contributed by atoms with van der Waals surface area (Å²) in [4.78, 5) is 4.76. The van der Waals surface area contributed by atoms with Crippen molar-refractivity contribution in [3.63, 3.8) is 0 Å². The van der Waals surface area contributed by atoms with E-state index in [9.17, 15) is 5.11 Å². The molecular formula is C18H28N2O2. The molecule has 0 aromatic carbocycles. The van der Waals surface area contributed by atoms with E-state index in [-0.39, 0.29) is 0 Å². The smallest absolute Gasteiger partial charge is 0.117 e. The predicted molar refractivity (Wildman–Crippen MR) is 87.6 cm³/mol. The second kappa shape index (κ2) is 6.99. The summed E-state index contributed by atoms with van der Waals surface area (Å²) in [6.45, 7) is 8.35. The maximum absolute atomic E-state index is 11.3. The molecule has 2 aliphatic heterocycles. The molecule has 2 atom stereocenters. The maximum Gasteiger partial charge on any atom is 0.117 e. The van der Waals surface area contributed by atoms with Crippen LogP contribution in [0, 0.1) is 0 Å². The van der Waals surface area contributed by atoms with Crippen LogP contribution in [0.25, 0.3) is 0 Å². The maximum atomic E-state index is 11.3. The van der Waals surface area contributed by atoms with E-state index in [1.165, 1.54) is 12.8 Å². The molecule has 2 saturated heterocycles. The zero-order valence-corrected chi connectivity index (χ0v) is 13.4. The standard InChI is InChI=1S/C18H28N2O2/c1-2-10-19(14-16-7-5-13-22-16)15-18(21)9-6-12-20-11-4-3-8-17(18)20/h2,5,7,13,17,21H,1,3-4,6,8-12,14-15H2/t17-,18-/m1/s1. The normalized spacial score (nSPS) is 29.5. The lowest BCUT2D eigenvalue weighted by atomic mass is 9.79. The van der Waals surface area contributed by atoms with Crippen molar-refractivity contribution in [1.82, 2.24) is 9.80 Å². The molecule has 2 fully saturated rings. The number of aliphatic hydroxyl groups is 1. The van der Waals surface area contributed by atoms with Crippen molar-refractivity contribution in [2.75, 3.05) is 26.2 Å². The van der Waals surface area contributed by atoms with Gasteiger partial charge in [0.1, 0.15) is 5.76 Å². The van der Waals surface area contributed by atoms with Crippen LogP contribution in [0.2, 0.25) is 0 Å². The molecule has 4 heteroatoms. The Labute approximate surface area is 133 Å². The molecule has 3 rings (SSSR count). The number of hydrogen-bond donors (Lipinski definition) is 1. The number of rotatable bonds is 6. The van der Waals surface area contributed by atoms with Crippen LogP contribution in [0.1, 0.15) is 37.9 Å². The Bertz CT molecular complexity index is 471. The van der Waals surface area contributed by atoms with Gasteiger partial charge in [-0.15, -0.1) is 6.58 Å². The summed E-state index contributed by atoms with van der Waals surface area (Å²) >= 11 is 0. The first kappa shape index (κ1) is 15.8. The molecule has 0 saturated carbocycles. The highest BCUT2D eigenvalue weighted by molar-refractivity contribution is 5.03. The second-order valence-electron chi connectivity index (χ2n) is 6.79. The first-order valence-electron chi connectivity index (χ1n) is 8.53. The average Bonchev–Trinajstić information content (AvgIpc) is 3.01. The van der Waals surface area contributed by atoms with Crippen molar-refractivity contribution in [2.45, 2.75) is 50.3 Å². The Hall–Kier alpha value is -1.10. The zero-order chi connectivity index (χ0) is 15.4. The van der Waals surface area contributed by atoms with Crippen molar-refractivity contribution in [1.29, 1.82) is 0 Å². The van der Waals surface area contributed by atoms with E-state index in [1.54, 1.807) is 6.26 Å². The van der Waals surface area contributed by atoms with Crippen LogP contribution in [-0.4, -0.2) is 52.7 Å². The van der Waals surface area contributed by atoms with E-state index in [0.717, 1.165) is 51.2 Å². The third-order valence-corrected chi connectivity index (χ3v) is 5.13. The zero-order valence-electron chi connectivity index (χ0n) is 13.4. The Kier molecular flexibility index (Phi) is 5.01. The van der Waals surface area contributed by atoms with Gasteiger partial charge in [-0.25, -0.2) is 0 Å². The largest absolute Gasteiger partial charge is 0.468 e. The highest BCUT2D eigenvalue weighted by Crippen LogP contribution is 2.35. The fourth-order valence-electron chi connectivity index (χ4n) is 4.18. The van der Waals surface area contributed by atoms with E-state index in [2.05, 4.69) is 16.4 Å². The molecule has 2 aliphatic rings. The number of piperidine rings is 2. The fraction of sp³-hybridized carbons (Fsp3) is 0.667. The molecule has 1 aromatic heterocycles. The van der Waals surface area contributed by atoms with Crippen molar-refractivity contribution in [3.05, 3.63) is 36.8 Å². The molecule has 1 aromatic rings. The molecule has 0 amide bonds. The van der Waals surface area contributed by atoms with Crippen LogP contribution in [-0.2, 0) is 6.54 Å². The quantitative estimate of drug-likeness (QED) is 0.820. The molecule has 0 bridgehead atoms. The summed E-state index contributed by atoms with van der Waals surface area (Å²) in [6, 6.07) is 4.23. The van der Waals surface area contributed by atoms with Crippen molar-refractivity contribution in [3.8, 4) is 0 Å². The second-order valence-corrected chi connectivity index (χ2v) is 6.79. The van der Waals surface area contributed by atoms with Gasteiger partial charge >= 0.3 is 0 Å². The molecule has 3 heterocycles. The fourth-order valence-corrected chi connectivity index (χ4v) is 4.18. The van der Waals surface area contributed by atoms with E-state index in [1.807, 2.05) is 18.2 Å². The van der Waals surface area contributed by atoms with Crippen LogP contribution in [0.15, 0.2) is 35.5 Å². The SMILES string of the molecule is C=CCN(Cc1ccco1)C[C@]1(O)CCCN2CCCC[C@@H]21. The number of fused-ring (bicyclic) bond motifs is 1. The first-order valence-corrected chi connectivity index (χ1v) is 8.53. The minimum absolute atomic E-state index is 0.318. The van der Waals surface area contributed by atoms with Gasteiger partial charge in [0.05, 0.1) is 18.4 Å². The third-order valence-electron chi connectivity index (χ3n) is 5.13.